The predicted octanol–water partition coefficient (Wildman–Crippen LogP) is 2.21. The van der Waals surface area contributed by atoms with Crippen molar-refractivity contribution >= 4 is 23.6 Å². The van der Waals surface area contributed by atoms with Crippen molar-refractivity contribution < 1.29 is 0 Å². The summed E-state index contributed by atoms with van der Waals surface area (Å²) in [6, 6.07) is 0. The fourth-order valence-electron chi connectivity index (χ4n) is 0. The molecule has 1 nitrogen and oxygen atoms in total. The second kappa shape index (κ2) is 2.21. The molecule has 0 saturated heterocycles. The van der Waals surface area contributed by atoms with Crippen molar-refractivity contribution in [2.45, 2.75) is 19.4 Å². The summed E-state index contributed by atoms with van der Waals surface area (Å²) in [5, 5.41) is 0. The number of nitrogens with zero attached hydrogens (tertiary/aromatic N) is 1. The Morgan fingerprint density at radius 2 is 1.57 bits per heavy atom. The molecule has 0 saturated carbocycles. The summed E-state index contributed by atoms with van der Waals surface area (Å²) in [6.45, 7) is 7.26. The van der Waals surface area contributed by atoms with Crippen LogP contribution in [0.1, 0.15) is 13.8 Å². The maximum atomic E-state index is 5.29. The van der Waals surface area contributed by atoms with Crippen molar-refractivity contribution in [3.63, 3.8) is 0 Å². The molecule has 0 aliphatic rings. The van der Waals surface area contributed by atoms with Crippen LogP contribution in [0.15, 0.2) is 0 Å². The van der Waals surface area contributed by atoms with Crippen LogP contribution < -0.4 is 0 Å². The van der Waals surface area contributed by atoms with E-state index in [2.05, 4.69) is 6.92 Å². The number of rotatable bonds is 1. The summed E-state index contributed by atoms with van der Waals surface area (Å²) in [7, 11) is 0. The Labute approximate surface area is 54.4 Å². The lowest BCUT2D eigenvalue weighted by Gasteiger charge is -2.20. The molecule has 0 aromatic heterocycles. The average molecular weight is 141 g/mol. The predicted molar refractivity (Wildman–Crippen MR) is 33.0 cm³/mol. The molecule has 0 unspecified atom stereocenters. The highest BCUT2D eigenvalue weighted by molar-refractivity contribution is 6.34. The summed E-state index contributed by atoms with van der Waals surface area (Å²) < 4.78 is 1.02. The molecule has 0 atom stereocenters. The van der Waals surface area contributed by atoms with Gasteiger partial charge in [0, 0.05) is 5.54 Å². The van der Waals surface area contributed by atoms with Crippen LogP contribution in [0.4, 0.5) is 0 Å². The zero-order valence-electron chi connectivity index (χ0n) is 4.41. The third-order valence-corrected chi connectivity index (χ3v) is 1.37. The topological polar surface area (TPSA) is 3.24 Å². The van der Waals surface area contributed by atoms with Gasteiger partial charge in [-0.05, 0) is 44.3 Å². The lowest BCUT2D eigenvalue weighted by Crippen LogP contribution is -2.26. The zero-order valence-corrected chi connectivity index (χ0v) is 5.92. The van der Waals surface area contributed by atoms with Gasteiger partial charge in [-0.2, -0.15) is 0 Å². The quantitative estimate of drug-likeness (QED) is 0.506. The van der Waals surface area contributed by atoms with E-state index in [-0.39, 0.29) is 5.54 Å². The Hall–Kier alpha value is 0.540. The Balaban J connectivity index is 3.54. The number of hydrogen-bond acceptors (Lipinski definition) is 1. The highest BCUT2D eigenvalue weighted by atomic mass is 35.5. The molecule has 3 heteroatoms. The van der Waals surface area contributed by atoms with Gasteiger partial charge in [-0.3, -0.25) is 0 Å². The fourth-order valence-corrected chi connectivity index (χ4v) is 0. The van der Waals surface area contributed by atoms with Crippen LogP contribution >= 0.6 is 23.6 Å². The van der Waals surface area contributed by atoms with E-state index in [0.717, 1.165) is 3.94 Å². The monoisotopic (exact) mass is 140 g/mol. The third kappa shape index (κ3) is 3.15. The summed E-state index contributed by atoms with van der Waals surface area (Å²) in [6.07, 6.45) is 0. The second-order valence-electron chi connectivity index (χ2n) is 2.05. The van der Waals surface area contributed by atoms with Crippen LogP contribution in [0, 0.1) is 6.92 Å². The van der Waals surface area contributed by atoms with E-state index in [1.165, 1.54) is 0 Å². The molecule has 0 fully saturated rings. The van der Waals surface area contributed by atoms with Crippen LogP contribution in [0.3, 0.4) is 0 Å². The van der Waals surface area contributed by atoms with Crippen molar-refractivity contribution in [1.82, 2.24) is 3.94 Å². The van der Waals surface area contributed by atoms with E-state index in [0.29, 0.717) is 0 Å². The van der Waals surface area contributed by atoms with Crippen molar-refractivity contribution in [3.05, 3.63) is 6.92 Å². The van der Waals surface area contributed by atoms with E-state index in [4.69, 9.17) is 23.6 Å². The molecular formula is C4H8Cl2N. The summed E-state index contributed by atoms with van der Waals surface area (Å²) in [5.41, 5.74) is -0.386. The van der Waals surface area contributed by atoms with Gasteiger partial charge < -0.3 is 0 Å². The smallest absolute Gasteiger partial charge is 0.0470 e. The SMILES string of the molecule is [CH2]C(C)(C)N(Cl)Cl. The highest BCUT2D eigenvalue weighted by Gasteiger charge is 2.16. The second-order valence-corrected chi connectivity index (χ2v) is 2.89. The molecule has 1 radical (unpaired) electrons. The Bertz CT molecular complexity index is 55.2. The molecule has 0 amide bonds. The summed E-state index contributed by atoms with van der Waals surface area (Å²) in [4.78, 5) is 0. The molecule has 7 heavy (non-hydrogen) atoms. The average Bonchev–Trinajstić information content (AvgIpc) is 1.31. The lowest BCUT2D eigenvalue weighted by atomic mass is 10.1. The maximum Gasteiger partial charge on any atom is 0.0470 e. The van der Waals surface area contributed by atoms with Gasteiger partial charge in [-0.1, -0.05) is 0 Å². The zero-order chi connectivity index (χ0) is 6.08. The fraction of sp³-hybridized carbons (Fsp3) is 0.750. The molecule has 43 valence electrons. The standard InChI is InChI=1S/C4H8Cl2N/c1-4(2,3)7(5)6/h1H2,2-3H3. The molecule has 0 bridgehead atoms. The van der Waals surface area contributed by atoms with Crippen molar-refractivity contribution in [2.75, 3.05) is 0 Å². The van der Waals surface area contributed by atoms with E-state index in [1.54, 1.807) is 0 Å². The van der Waals surface area contributed by atoms with Crippen molar-refractivity contribution in [2.24, 2.45) is 0 Å². The van der Waals surface area contributed by atoms with E-state index in [1.807, 2.05) is 13.8 Å². The lowest BCUT2D eigenvalue weighted by molar-refractivity contribution is 0.439. The minimum atomic E-state index is -0.386. The largest absolute Gasteiger partial charge is 0.126 e. The van der Waals surface area contributed by atoms with Gasteiger partial charge in [0.1, 0.15) is 0 Å². The summed E-state index contributed by atoms with van der Waals surface area (Å²) >= 11 is 10.6. The van der Waals surface area contributed by atoms with Crippen LogP contribution in [0.25, 0.3) is 0 Å². The molecule has 0 aliphatic heterocycles. The Morgan fingerprint density at radius 1 is 1.43 bits per heavy atom. The normalized spacial score (nSPS) is 12.9. The maximum absolute atomic E-state index is 5.29. The van der Waals surface area contributed by atoms with Crippen LogP contribution in [-0.2, 0) is 0 Å². The van der Waals surface area contributed by atoms with Gasteiger partial charge in [0.25, 0.3) is 0 Å². The first-order valence-electron chi connectivity index (χ1n) is 1.92. The van der Waals surface area contributed by atoms with Gasteiger partial charge in [0.05, 0.1) is 0 Å². The van der Waals surface area contributed by atoms with E-state index < -0.39 is 0 Å². The van der Waals surface area contributed by atoms with Crippen molar-refractivity contribution in [3.8, 4) is 0 Å². The van der Waals surface area contributed by atoms with Gasteiger partial charge in [-0.15, -0.1) is 3.94 Å². The molecular weight excluding hydrogens is 133 g/mol. The third-order valence-electron chi connectivity index (χ3n) is 0.458. The van der Waals surface area contributed by atoms with Crippen molar-refractivity contribution in [1.29, 1.82) is 0 Å². The Morgan fingerprint density at radius 3 is 1.57 bits per heavy atom. The molecule has 0 heterocycles. The minimum Gasteiger partial charge on any atom is -0.126 e. The molecule has 0 spiro atoms. The molecule has 0 aromatic carbocycles. The van der Waals surface area contributed by atoms with Gasteiger partial charge in [-0.25, -0.2) is 0 Å². The first-order valence-corrected chi connectivity index (χ1v) is 2.59. The minimum absolute atomic E-state index is 0.386. The molecule has 0 rings (SSSR count). The van der Waals surface area contributed by atoms with Gasteiger partial charge in [0.2, 0.25) is 0 Å². The van der Waals surface area contributed by atoms with Crippen LogP contribution in [0.5, 0.6) is 0 Å². The van der Waals surface area contributed by atoms with E-state index in [9.17, 15) is 0 Å². The van der Waals surface area contributed by atoms with Gasteiger partial charge in [0.15, 0.2) is 0 Å². The molecule has 0 aromatic rings. The first-order chi connectivity index (χ1) is 2.94. The first kappa shape index (κ1) is 7.54. The van der Waals surface area contributed by atoms with Crippen LogP contribution in [0.2, 0.25) is 0 Å². The number of halogens is 2. The Kier molecular flexibility index (Phi) is 2.38. The summed E-state index contributed by atoms with van der Waals surface area (Å²) in [5.74, 6) is 0. The highest BCUT2D eigenvalue weighted by Crippen LogP contribution is 2.16. The van der Waals surface area contributed by atoms with Gasteiger partial charge >= 0.3 is 0 Å². The van der Waals surface area contributed by atoms with E-state index >= 15 is 0 Å². The molecule has 0 N–H and O–H groups in total. The molecule has 0 aliphatic carbocycles. The van der Waals surface area contributed by atoms with Crippen LogP contribution in [-0.4, -0.2) is 9.48 Å². The number of hydrogen-bond donors (Lipinski definition) is 0.